The van der Waals surface area contributed by atoms with E-state index in [9.17, 15) is 0 Å². The summed E-state index contributed by atoms with van der Waals surface area (Å²) >= 11 is 0. The second kappa shape index (κ2) is 8.87. The number of aromatic nitrogens is 2. The molecule has 0 aromatic carbocycles. The Labute approximate surface area is 165 Å². The fraction of sp³-hybridized carbons (Fsp3) is 0.818. The van der Waals surface area contributed by atoms with Gasteiger partial charge in [-0.05, 0) is 70.0 Å². The van der Waals surface area contributed by atoms with Crippen LogP contribution in [-0.2, 0) is 6.54 Å². The second-order valence-corrected chi connectivity index (χ2v) is 9.33. The molecule has 3 aliphatic heterocycles. The van der Waals surface area contributed by atoms with Crippen molar-refractivity contribution in [3.05, 3.63) is 18.0 Å². The largest absolute Gasteiger partial charge is 0.341 e. The van der Waals surface area contributed by atoms with Gasteiger partial charge in [0, 0.05) is 50.2 Å². The zero-order valence-electron chi connectivity index (χ0n) is 17.3. The van der Waals surface area contributed by atoms with Crippen molar-refractivity contribution in [3.8, 4) is 0 Å². The molecule has 3 saturated heterocycles. The predicted molar refractivity (Wildman–Crippen MR) is 111 cm³/mol. The monoisotopic (exact) mass is 371 g/mol. The minimum Gasteiger partial charge on any atom is -0.341 e. The van der Waals surface area contributed by atoms with Crippen molar-refractivity contribution in [1.29, 1.82) is 0 Å². The first-order valence-corrected chi connectivity index (χ1v) is 11.2. The van der Waals surface area contributed by atoms with E-state index < -0.39 is 0 Å². The molecule has 0 aliphatic carbocycles. The van der Waals surface area contributed by atoms with E-state index in [0.29, 0.717) is 0 Å². The molecule has 27 heavy (non-hydrogen) atoms. The van der Waals surface area contributed by atoms with E-state index in [2.05, 4.69) is 50.9 Å². The van der Waals surface area contributed by atoms with Gasteiger partial charge in [0.05, 0.1) is 0 Å². The van der Waals surface area contributed by atoms with E-state index in [1.54, 1.807) is 0 Å². The third kappa shape index (κ3) is 5.00. The minimum absolute atomic E-state index is 0.756. The Hall–Kier alpha value is -1.20. The normalized spacial score (nSPS) is 29.2. The van der Waals surface area contributed by atoms with Crippen LogP contribution in [-0.4, -0.2) is 65.1 Å². The molecule has 2 atom stereocenters. The van der Waals surface area contributed by atoms with Gasteiger partial charge in [-0.3, -0.25) is 4.90 Å². The van der Waals surface area contributed by atoms with Gasteiger partial charge in [-0.25, -0.2) is 9.97 Å². The van der Waals surface area contributed by atoms with Gasteiger partial charge >= 0.3 is 0 Å². The van der Waals surface area contributed by atoms with Gasteiger partial charge in [0.2, 0.25) is 5.95 Å². The molecule has 1 aromatic heterocycles. The maximum Gasteiger partial charge on any atom is 0.225 e. The summed E-state index contributed by atoms with van der Waals surface area (Å²) in [6, 6.07) is 0.809. The highest BCUT2D eigenvalue weighted by atomic mass is 15.3. The number of likely N-dealkylation sites (tertiary alicyclic amines) is 2. The van der Waals surface area contributed by atoms with Crippen LogP contribution in [0.4, 0.5) is 5.95 Å². The van der Waals surface area contributed by atoms with Crippen molar-refractivity contribution in [2.45, 2.75) is 65.0 Å². The maximum atomic E-state index is 4.68. The Kier molecular flexibility index (Phi) is 6.28. The molecular formula is C22H37N5. The molecule has 150 valence electrons. The van der Waals surface area contributed by atoms with E-state index >= 15 is 0 Å². The van der Waals surface area contributed by atoms with Gasteiger partial charge in [0.25, 0.3) is 0 Å². The van der Waals surface area contributed by atoms with Crippen LogP contribution in [0.2, 0.25) is 0 Å². The third-order valence-electron chi connectivity index (χ3n) is 6.80. The van der Waals surface area contributed by atoms with Gasteiger partial charge in [-0.2, -0.15) is 0 Å². The molecule has 5 heteroatoms. The van der Waals surface area contributed by atoms with Crippen LogP contribution in [0.25, 0.3) is 0 Å². The summed E-state index contributed by atoms with van der Waals surface area (Å²) in [6.45, 7) is 13.0. The molecule has 4 rings (SSSR count). The molecule has 0 saturated carbocycles. The van der Waals surface area contributed by atoms with Crippen molar-refractivity contribution < 1.29 is 0 Å². The summed E-state index contributed by atoms with van der Waals surface area (Å²) in [5, 5.41) is 0. The van der Waals surface area contributed by atoms with Crippen molar-refractivity contribution in [2.24, 2.45) is 11.8 Å². The number of anilines is 1. The molecule has 3 aliphatic rings. The Morgan fingerprint density at radius 1 is 0.852 bits per heavy atom. The smallest absolute Gasteiger partial charge is 0.225 e. The molecule has 3 fully saturated rings. The summed E-state index contributed by atoms with van der Waals surface area (Å²) in [4.78, 5) is 17.1. The van der Waals surface area contributed by atoms with Gasteiger partial charge < -0.3 is 9.80 Å². The molecule has 0 radical (unpaired) electrons. The minimum atomic E-state index is 0.756. The highest BCUT2D eigenvalue weighted by Gasteiger charge is 2.27. The average molecular weight is 372 g/mol. The molecule has 0 amide bonds. The van der Waals surface area contributed by atoms with E-state index in [1.165, 1.54) is 70.3 Å². The van der Waals surface area contributed by atoms with Crippen molar-refractivity contribution >= 4 is 5.95 Å². The van der Waals surface area contributed by atoms with E-state index in [4.69, 9.17) is 0 Å². The van der Waals surface area contributed by atoms with Gasteiger partial charge in [-0.1, -0.05) is 13.8 Å². The number of hydrogen-bond donors (Lipinski definition) is 0. The fourth-order valence-electron chi connectivity index (χ4n) is 5.22. The highest BCUT2D eigenvalue weighted by molar-refractivity contribution is 5.30. The topological polar surface area (TPSA) is 35.5 Å². The molecule has 4 heterocycles. The first-order chi connectivity index (χ1) is 13.2. The number of nitrogens with zero attached hydrogens (tertiary/aromatic N) is 5. The zero-order valence-corrected chi connectivity index (χ0v) is 17.3. The Morgan fingerprint density at radius 2 is 1.52 bits per heavy atom. The van der Waals surface area contributed by atoms with E-state index in [0.717, 1.165) is 43.5 Å². The highest BCUT2D eigenvalue weighted by Crippen LogP contribution is 2.24. The number of hydrogen-bond acceptors (Lipinski definition) is 5. The van der Waals surface area contributed by atoms with E-state index in [1.807, 2.05) is 0 Å². The SMILES string of the molecule is C[C@@H]1CCCN(C2CCN(Cc3cnc(N4CCC[C@H](C)C4)nc3)CC2)C1. The van der Waals surface area contributed by atoms with Crippen molar-refractivity contribution in [1.82, 2.24) is 19.8 Å². The van der Waals surface area contributed by atoms with Crippen molar-refractivity contribution in [3.63, 3.8) is 0 Å². The summed E-state index contributed by atoms with van der Waals surface area (Å²) in [7, 11) is 0. The maximum absolute atomic E-state index is 4.68. The van der Waals surface area contributed by atoms with Crippen LogP contribution < -0.4 is 4.90 Å². The van der Waals surface area contributed by atoms with Gasteiger partial charge in [0.1, 0.15) is 0 Å². The zero-order chi connectivity index (χ0) is 18.6. The lowest BCUT2D eigenvalue weighted by Crippen LogP contribution is -2.48. The molecular weight excluding hydrogens is 334 g/mol. The predicted octanol–water partition coefficient (Wildman–Crippen LogP) is 3.41. The summed E-state index contributed by atoms with van der Waals surface area (Å²) in [6.07, 6.45) is 12.1. The Balaban J connectivity index is 1.25. The molecule has 5 nitrogen and oxygen atoms in total. The molecule has 0 unspecified atom stereocenters. The Bertz CT molecular complexity index is 581. The first-order valence-electron chi connectivity index (χ1n) is 11.2. The molecule has 0 bridgehead atoms. The molecule has 0 spiro atoms. The summed E-state index contributed by atoms with van der Waals surface area (Å²) in [5.74, 6) is 2.56. The first kappa shape index (κ1) is 19.1. The van der Waals surface area contributed by atoms with Crippen LogP contribution in [0.3, 0.4) is 0 Å². The van der Waals surface area contributed by atoms with Gasteiger partial charge in [0.15, 0.2) is 0 Å². The van der Waals surface area contributed by atoms with Crippen LogP contribution >= 0.6 is 0 Å². The number of piperidine rings is 3. The summed E-state index contributed by atoms with van der Waals surface area (Å²) in [5.41, 5.74) is 1.26. The fourth-order valence-corrected chi connectivity index (χ4v) is 5.22. The quantitative estimate of drug-likeness (QED) is 0.810. The lowest BCUT2D eigenvalue weighted by molar-refractivity contribution is 0.0728. The molecule has 1 aromatic rings. The Morgan fingerprint density at radius 3 is 2.19 bits per heavy atom. The second-order valence-electron chi connectivity index (χ2n) is 9.33. The van der Waals surface area contributed by atoms with Crippen LogP contribution in [0.15, 0.2) is 12.4 Å². The summed E-state index contributed by atoms with van der Waals surface area (Å²) < 4.78 is 0. The van der Waals surface area contributed by atoms with Crippen LogP contribution in [0.5, 0.6) is 0 Å². The van der Waals surface area contributed by atoms with Crippen LogP contribution in [0, 0.1) is 11.8 Å². The van der Waals surface area contributed by atoms with Crippen molar-refractivity contribution in [2.75, 3.05) is 44.2 Å². The third-order valence-corrected chi connectivity index (χ3v) is 6.80. The lowest BCUT2D eigenvalue weighted by Gasteiger charge is -2.41. The molecule has 0 N–H and O–H groups in total. The lowest BCUT2D eigenvalue weighted by atomic mass is 9.95. The average Bonchev–Trinajstić information content (AvgIpc) is 2.69. The number of rotatable bonds is 4. The standard InChI is InChI=1S/C22H37N5/c1-18-5-3-9-26(15-18)21-7-11-25(12-8-21)17-20-13-23-22(24-14-20)27-10-4-6-19(2)16-27/h13-14,18-19,21H,3-12,15-17H2,1-2H3/t18-,19+/m1/s1. The van der Waals surface area contributed by atoms with Crippen LogP contribution in [0.1, 0.15) is 57.9 Å². The van der Waals surface area contributed by atoms with Gasteiger partial charge in [-0.15, -0.1) is 0 Å². The van der Waals surface area contributed by atoms with E-state index in [-0.39, 0.29) is 0 Å².